The van der Waals surface area contributed by atoms with E-state index in [1.54, 1.807) is 11.8 Å². The monoisotopic (exact) mass is 172 g/mol. The number of hydrogen-bond acceptors (Lipinski definition) is 5. The van der Waals surface area contributed by atoms with Crippen molar-refractivity contribution in [2.24, 2.45) is 9.98 Å². The average Bonchev–Trinajstić information content (AvgIpc) is 2.01. The highest BCUT2D eigenvalue weighted by Gasteiger charge is 2.01. The maximum absolute atomic E-state index is 9.76. The first kappa shape index (κ1) is 10.1. The summed E-state index contributed by atoms with van der Waals surface area (Å²) in [5.41, 5.74) is 0. The second kappa shape index (κ2) is 7.22. The van der Waals surface area contributed by atoms with Crippen LogP contribution in [0.25, 0.3) is 0 Å². The van der Waals surface area contributed by atoms with Crippen molar-refractivity contribution < 1.29 is 9.59 Å². The smallest absolute Gasteiger partial charge is 0.211 e. The first-order valence-electron chi connectivity index (χ1n) is 3.06. The highest BCUT2D eigenvalue weighted by molar-refractivity contribution is 7.99. The third-order valence-electron chi connectivity index (χ3n) is 0.874. The van der Waals surface area contributed by atoms with Crippen molar-refractivity contribution in [3.63, 3.8) is 0 Å². The van der Waals surface area contributed by atoms with Crippen LogP contribution in [0.5, 0.6) is 0 Å². The van der Waals surface area contributed by atoms with Crippen LogP contribution in [0.2, 0.25) is 0 Å². The molecule has 0 saturated carbocycles. The molecule has 0 atom stereocenters. The van der Waals surface area contributed by atoms with Gasteiger partial charge in [-0.1, -0.05) is 6.92 Å². The molecule has 0 bridgehead atoms. The highest BCUT2D eigenvalue weighted by Crippen LogP contribution is 2.04. The van der Waals surface area contributed by atoms with Crippen LogP contribution in [0.1, 0.15) is 6.92 Å². The van der Waals surface area contributed by atoms with E-state index in [1.165, 1.54) is 12.2 Å². The number of hydrogen-bond donors (Lipinski definition) is 0. The Labute approximate surface area is 68.8 Å². The van der Waals surface area contributed by atoms with Gasteiger partial charge in [0.25, 0.3) is 0 Å². The summed E-state index contributed by atoms with van der Waals surface area (Å²) in [7, 11) is 0. The third kappa shape index (κ3) is 5.55. The average molecular weight is 172 g/mol. The van der Waals surface area contributed by atoms with E-state index in [0.717, 1.165) is 5.75 Å². The molecule has 0 radical (unpaired) electrons. The molecule has 60 valence electrons. The summed E-state index contributed by atoms with van der Waals surface area (Å²) in [6, 6.07) is 0. The van der Waals surface area contributed by atoms with Crippen LogP contribution in [-0.4, -0.2) is 29.8 Å². The van der Waals surface area contributed by atoms with E-state index < -0.39 is 6.17 Å². The van der Waals surface area contributed by atoms with Gasteiger partial charge in [0.1, 0.15) is 0 Å². The second-order valence-corrected chi connectivity index (χ2v) is 2.90. The molecular formula is C6H8N2O2S. The van der Waals surface area contributed by atoms with Gasteiger partial charge in [-0.2, -0.15) is 21.7 Å². The van der Waals surface area contributed by atoms with Crippen molar-refractivity contribution in [3.05, 3.63) is 0 Å². The van der Waals surface area contributed by atoms with Crippen molar-refractivity contribution >= 4 is 23.9 Å². The summed E-state index contributed by atoms with van der Waals surface area (Å²) in [6.45, 7) is 1.97. The zero-order valence-electron chi connectivity index (χ0n) is 6.11. The van der Waals surface area contributed by atoms with Gasteiger partial charge in [-0.3, -0.25) is 0 Å². The van der Waals surface area contributed by atoms with E-state index in [4.69, 9.17) is 0 Å². The lowest BCUT2D eigenvalue weighted by Gasteiger charge is -1.99. The number of carbonyl (C=O) groups excluding carboxylic acids is 2. The topological polar surface area (TPSA) is 58.9 Å². The first-order valence-corrected chi connectivity index (χ1v) is 4.22. The van der Waals surface area contributed by atoms with E-state index in [-0.39, 0.29) is 0 Å². The van der Waals surface area contributed by atoms with Gasteiger partial charge in [0.05, 0.1) is 0 Å². The molecule has 0 aromatic rings. The molecule has 0 unspecified atom stereocenters. The molecular weight excluding hydrogens is 164 g/mol. The van der Waals surface area contributed by atoms with E-state index in [2.05, 4.69) is 9.98 Å². The van der Waals surface area contributed by atoms with Gasteiger partial charge >= 0.3 is 0 Å². The van der Waals surface area contributed by atoms with Crippen molar-refractivity contribution in [2.75, 3.05) is 11.5 Å². The van der Waals surface area contributed by atoms with E-state index in [9.17, 15) is 9.59 Å². The second-order valence-electron chi connectivity index (χ2n) is 1.58. The molecule has 0 rings (SSSR count). The summed E-state index contributed by atoms with van der Waals surface area (Å²) >= 11 is 1.55. The molecule has 0 aliphatic carbocycles. The summed E-state index contributed by atoms with van der Waals surface area (Å²) in [5, 5.41) is 0. The van der Waals surface area contributed by atoms with Crippen LogP contribution in [0.4, 0.5) is 0 Å². The van der Waals surface area contributed by atoms with Crippen LogP contribution >= 0.6 is 11.8 Å². The number of nitrogens with zero attached hydrogens (tertiary/aromatic N) is 2. The minimum atomic E-state index is -0.602. The largest absolute Gasteiger partial charge is 0.237 e. The number of isocyanates is 2. The van der Waals surface area contributed by atoms with E-state index >= 15 is 0 Å². The van der Waals surface area contributed by atoms with Crippen LogP contribution in [-0.2, 0) is 9.59 Å². The summed E-state index contributed by atoms with van der Waals surface area (Å²) in [4.78, 5) is 26.1. The standard InChI is InChI=1S/C6H8N2O2S/c1-2-11-3-6(7-4-9)8-5-10/h6H,2-3H2,1H3. The van der Waals surface area contributed by atoms with Gasteiger partial charge in [-0.15, -0.1) is 0 Å². The van der Waals surface area contributed by atoms with Gasteiger partial charge in [-0.25, -0.2) is 9.59 Å². The summed E-state index contributed by atoms with van der Waals surface area (Å²) in [6.07, 6.45) is 2.10. The molecule has 0 saturated heterocycles. The normalized spacial score (nSPS) is 11.0. The Hall–Kier alpha value is -0.890. The lowest BCUT2D eigenvalue weighted by atomic mass is 10.6. The molecule has 0 fully saturated rings. The Morgan fingerprint density at radius 3 is 2.27 bits per heavy atom. The van der Waals surface area contributed by atoms with Crippen molar-refractivity contribution in [1.82, 2.24) is 0 Å². The molecule has 0 spiro atoms. The first-order chi connectivity index (χ1) is 5.35. The molecule has 0 aliphatic rings. The molecule has 0 aliphatic heterocycles. The van der Waals surface area contributed by atoms with Crippen LogP contribution < -0.4 is 0 Å². The molecule has 0 heterocycles. The zero-order chi connectivity index (χ0) is 8.53. The van der Waals surface area contributed by atoms with Crippen LogP contribution in [0.3, 0.4) is 0 Å². The lowest BCUT2D eigenvalue weighted by molar-refractivity contribution is 0.554. The number of aliphatic imine (C=N–C) groups is 2. The molecule has 4 nitrogen and oxygen atoms in total. The number of rotatable bonds is 5. The van der Waals surface area contributed by atoms with Crippen LogP contribution in [0.15, 0.2) is 9.98 Å². The predicted octanol–water partition coefficient (Wildman–Crippen LogP) is 0.737. The Morgan fingerprint density at radius 2 is 1.91 bits per heavy atom. The maximum Gasteiger partial charge on any atom is 0.237 e. The third-order valence-corrected chi connectivity index (χ3v) is 1.82. The van der Waals surface area contributed by atoms with Gasteiger partial charge < -0.3 is 0 Å². The van der Waals surface area contributed by atoms with Gasteiger partial charge in [0.15, 0.2) is 6.17 Å². The SMILES string of the molecule is CCSCC(N=C=O)N=C=O. The van der Waals surface area contributed by atoms with Gasteiger partial charge in [0.2, 0.25) is 12.2 Å². The summed E-state index contributed by atoms with van der Waals surface area (Å²) in [5.74, 6) is 1.43. The zero-order valence-corrected chi connectivity index (χ0v) is 6.93. The predicted molar refractivity (Wildman–Crippen MR) is 43.0 cm³/mol. The van der Waals surface area contributed by atoms with Crippen molar-refractivity contribution in [1.29, 1.82) is 0 Å². The van der Waals surface area contributed by atoms with Crippen molar-refractivity contribution in [2.45, 2.75) is 13.1 Å². The van der Waals surface area contributed by atoms with E-state index in [1.807, 2.05) is 6.92 Å². The molecule has 11 heavy (non-hydrogen) atoms. The van der Waals surface area contributed by atoms with E-state index in [0.29, 0.717) is 5.75 Å². The van der Waals surface area contributed by atoms with Gasteiger partial charge in [0, 0.05) is 5.75 Å². The quantitative estimate of drug-likeness (QED) is 0.454. The lowest BCUT2D eigenvalue weighted by Crippen LogP contribution is -2.03. The fourth-order valence-electron chi connectivity index (χ4n) is 0.448. The Kier molecular flexibility index (Phi) is 6.64. The summed E-state index contributed by atoms with van der Waals surface area (Å²) < 4.78 is 0. The fraction of sp³-hybridized carbons (Fsp3) is 0.667. The van der Waals surface area contributed by atoms with Gasteiger partial charge in [-0.05, 0) is 5.75 Å². The maximum atomic E-state index is 9.76. The minimum Gasteiger partial charge on any atom is -0.211 e. The highest BCUT2D eigenvalue weighted by atomic mass is 32.2. The Bertz CT molecular complexity index is 177. The van der Waals surface area contributed by atoms with Crippen LogP contribution in [0, 0.1) is 0 Å². The molecule has 0 N–H and O–H groups in total. The molecule has 0 amide bonds. The fourth-order valence-corrected chi connectivity index (χ4v) is 1.04. The minimum absolute atomic E-state index is 0.529. The molecule has 0 aromatic carbocycles. The van der Waals surface area contributed by atoms with Crippen molar-refractivity contribution in [3.8, 4) is 0 Å². The Balaban J connectivity index is 3.88. The number of thioether (sulfide) groups is 1. The Morgan fingerprint density at radius 1 is 1.36 bits per heavy atom. The molecule has 5 heteroatoms. The molecule has 0 aromatic heterocycles.